The van der Waals surface area contributed by atoms with Gasteiger partial charge in [0, 0.05) is 13.0 Å². The number of amides is 1. The highest BCUT2D eigenvalue weighted by molar-refractivity contribution is 6.62. The van der Waals surface area contributed by atoms with Crippen LogP contribution in [-0.4, -0.2) is 52.2 Å². The molecule has 0 aromatic heterocycles. The number of nitrogens with zero attached hydrogens (tertiary/aromatic N) is 1. The van der Waals surface area contributed by atoms with Crippen molar-refractivity contribution in [3.63, 3.8) is 0 Å². The molecule has 0 radical (unpaired) electrons. The standard InChI is InChI=1S/C26H42BNO5/c1-18(2)26(15-14-23(4,5)30)16-17-28(22(29)31-26)19(3)20-10-12-21(13-11-20)27-32-24(6,7)25(8,9)33-27/h10-13,18-19,30H,14-17H2,1-9H3/t19?,26-/m0/s1. The Morgan fingerprint density at radius 2 is 1.61 bits per heavy atom. The summed E-state index contributed by atoms with van der Waals surface area (Å²) in [5, 5.41) is 10.2. The van der Waals surface area contributed by atoms with Gasteiger partial charge in [0.2, 0.25) is 0 Å². The maximum absolute atomic E-state index is 13.1. The molecule has 1 aromatic rings. The van der Waals surface area contributed by atoms with Crippen LogP contribution in [0.1, 0.15) is 93.2 Å². The van der Waals surface area contributed by atoms with Gasteiger partial charge in [-0.05, 0) is 78.3 Å². The Morgan fingerprint density at radius 1 is 1.06 bits per heavy atom. The van der Waals surface area contributed by atoms with Gasteiger partial charge in [0.05, 0.1) is 22.8 Å². The minimum absolute atomic E-state index is 0.107. The Balaban J connectivity index is 1.68. The summed E-state index contributed by atoms with van der Waals surface area (Å²) in [6.45, 7) is 18.6. The van der Waals surface area contributed by atoms with Crippen LogP contribution < -0.4 is 5.46 Å². The lowest BCUT2D eigenvalue weighted by molar-refractivity contribution is -0.0968. The highest BCUT2D eigenvalue weighted by Crippen LogP contribution is 2.39. The summed E-state index contributed by atoms with van der Waals surface area (Å²) in [4.78, 5) is 14.9. The van der Waals surface area contributed by atoms with Crippen LogP contribution in [0.15, 0.2) is 24.3 Å². The normalized spacial score (nSPS) is 26.0. The van der Waals surface area contributed by atoms with Crippen molar-refractivity contribution in [2.45, 2.75) is 110 Å². The molecule has 0 bridgehead atoms. The summed E-state index contributed by atoms with van der Waals surface area (Å²) < 4.78 is 18.4. The number of ether oxygens (including phenoxy) is 1. The number of hydrogen-bond donors (Lipinski definition) is 1. The fourth-order valence-corrected chi connectivity index (χ4v) is 4.52. The zero-order valence-corrected chi connectivity index (χ0v) is 21.9. The molecule has 33 heavy (non-hydrogen) atoms. The van der Waals surface area contributed by atoms with Gasteiger partial charge in [-0.15, -0.1) is 0 Å². The molecule has 2 saturated heterocycles. The Hall–Kier alpha value is -1.57. The Bertz CT molecular complexity index is 829. The zero-order chi connectivity index (χ0) is 24.8. The maximum atomic E-state index is 13.1. The Kier molecular flexibility index (Phi) is 7.02. The highest BCUT2D eigenvalue weighted by Gasteiger charge is 2.51. The molecule has 2 fully saturated rings. The van der Waals surface area contributed by atoms with Crippen LogP contribution >= 0.6 is 0 Å². The number of cyclic esters (lactones) is 1. The van der Waals surface area contributed by atoms with E-state index in [1.54, 1.807) is 18.7 Å². The molecular formula is C26H42BNO5. The van der Waals surface area contributed by atoms with E-state index in [0.29, 0.717) is 19.4 Å². The first-order valence-electron chi connectivity index (χ1n) is 12.2. The summed E-state index contributed by atoms with van der Waals surface area (Å²) >= 11 is 0. The van der Waals surface area contributed by atoms with Gasteiger partial charge in [0.1, 0.15) is 5.60 Å². The van der Waals surface area contributed by atoms with Crippen LogP contribution in [0.4, 0.5) is 4.79 Å². The summed E-state index contributed by atoms with van der Waals surface area (Å²) in [5.41, 5.74) is -0.0620. The maximum Gasteiger partial charge on any atom is 0.494 e. The first-order valence-corrected chi connectivity index (χ1v) is 12.2. The molecule has 2 heterocycles. The van der Waals surface area contributed by atoms with Gasteiger partial charge in [-0.3, -0.25) is 0 Å². The van der Waals surface area contributed by atoms with Crippen molar-refractivity contribution in [2.24, 2.45) is 5.92 Å². The lowest BCUT2D eigenvalue weighted by Crippen LogP contribution is -2.53. The van der Waals surface area contributed by atoms with Gasteiger partial charge in [-0.1, -0.05) is 38.1 Å². The SMILES string of the molecule is CC(c1ccc(B2OC(C)(C)C(C)(C)O2)cc1)N1CC[C@@](CCC(C)(C)O)(C(C)C)OC1=O. The summed E-state index contributed by atoms with van der Waals surface area (Å²) in [7, 11) is -0.401. The van der Waals surface area contributed by atoms with E-state index in [1.807, 2.05) is 58.9 Å². The van der Waals surface area contributed by atoms with Crippen LogP contribution in [-0.2, 0) is 14.0 Å². The predicted molar refractivity (Wildman–Crippen MR) is 131 cm³/mol. The van der Waals surface area contributed by atoms with Crippen molar-refractivity contribution >= 4 is 18.7 Å². The monoisotopic (exact) mass is 459 g/mol. The average Bonchev–Trinajstić information content (AvgIpc) is 2.92. The van der Waals surface area contributed by atoms with Gasteiger partial charge < -0.3 is 24.1 Å². The fourth-order valence-electron chi connectivity index (χ4n) is 4.52. The molecule has 0 saturated carbocycles. The quantitative estimate of drug-likeness (QED) is 0.592. The summed E-state index contributed by atoms with van der Waals surface area (Å²) in [6, 6.07) is 8.01. The molecule has 184 valence electrons. The molecule has 0 spiro atoms. The molecule has 2 atom stereocenters. The number of carbonyl (C=O) groups excluding carboxylic acids is 1. The van der Waals surface area contributed by atoms with Crippen LogP contribution in [0.3, 0.4) is 0 Å². The van der Waals surface area contributed by atoms with Crippen molar-refractivity contribution in [3.05, 3.63) is 29.8 Å². The van der Waals surface area contributed by atoms with Gasteiger partial charge in [0.15, 0.2) is 0 Å². The lowest BCUT2D eigenvalue weighted by Gasteiger charge is -2.46. The molecule has 7 heteroatoms. The Labute approximate surface area is 200 Å². The van der Waals surface area contributed by atoms with Crippen molar-refractivity contribution in [1.29, 1.82) is 0 Å². The fraction of sp³-hybridized carbons (Fsp3) is 0.731. The van der Waals surface area contributed by atoms with Gasteiger partial charge in [0.25, 0.3) is 0 Å². The molecule has 1 amide bonds. The molecule has 6 nitrogen and oxygen atoms in total. The van der Waals surface area contributed by atoms with E-state index in [0.717, 1.165) is 17.4 Å². The minimum Gasteiger partial charge on any atom is -0.442 e. The molecule has 1 N–H and O–H groups in total. The van der Waals surface area contributed by atoms with Gasteiger partial charge >= 0.3 is 13.2 Å². The topological polar surface area (TPSA) is 68.2 Å². The number of aliphatic hydroxyl groups is 1. The largest absolute Gasteiger partial charge is 0.494 e. The second-order valence-corrected chi connectivity index (χ2v) is 11.8. The van der Waals surface area contributed by atoms with E-state index in [4.69, 9.17) is 14.0 Å². The van der Waals surface area contributed by atoms with Crippen molar-refractivity contribution < 1.29 is 23.9 Å². The smallest absolute Gasteiger partial charge is 0.442 e. The van der Waals surface area contributed by atoms with Crippen LogP contribution in [0.5, 0.6) is 0 Å². The molecule has 2 aliphatic heterocycles. The molecule has 3 rings (SSSR count). The molecule has 0 aliphatic carbocycles. The van der Waals surface area contributed by atoms with E-state index in [9.17, 15) is 9.90 Å². The van der Waals surface area contributed by atoms with E-state index in [-0.39, 0.29) is 29.3 Å². The lowest BCUT2D eigenvalue weighted by atomic mass is 9.78. The highest BCUT2D eigenvalue weighted by atomic mass is 16.7. The number of rotatable bonds is 7. The van der Waals surface area contributed by atoms with E-state index in [2.05, 4.69) is 13.8 Å². The molecular weight excluding hydrogens is 417 g/mol. The average molecular weight is 459 g/mol. The van der Waals surface area contributed by atoms with Crippen molar-refractivity contribution in [3.8, 4) is 0 Å². The number of hydrogen-bond acceptors (Lipinski definition) is 5. The van der Waals surface area contributed by atoms with Crippen molar-refractivity contribution in [1.82, 2.24) is 4.90 Å². The number of carbonyl (C=O) groups is 1. The molecule has 1 unspecified atom stereocenters. The van der Waals surface area contributed by atoms with Gasteiger partial charge in [-0.2, -0.15) is 0 Å². The van der Waals surface area contributed by atoms with Crippen LogP contribution in [0.25, 0.3) is 0 Å². The summed E-state index contributed by atoms with van der Waals surface area (Å²) in [6.07, 6.45) is 1.72. The van der Waals surface area contributed by atoms with Crippen molar-refractivity contribution in [2.75, 3.05) is 6.54 Å². The van der Waals surface area contributed by atoms with E-state index < -0.39 is 18.3 Å². The number of benzene rings is 1. The summed E-state index contributed by atoms with van der Waals surface area (Å²) in [5.74, 6) is 0.181. The van der Waals surface area contributed by atoms with Crippen LogP contribution in [0.2, 0.25) is 0 Å². The first kappa shape index (κ1) is 26.0. The predicted octanol–water partition coefficient (Wildman–Crippen LogP) is 4.84. The first-order chi connectivity index (χ1) is 15.1. The van der Waals surface area contributed by atoms with E-state index in [1.165, 1.54) is 0 Å². The molecule has 1 aromatic carbocycles. The Morgan fingerprint density at radius 3 is 2.06 bits per heavy atom. The second kappa shape index (κ2) is 8.90. The molecule has 2 aliphatic rings. The third-order valence-electron chi connectivity index (χ3n) is 7.92. The second-order valence-electron chi connectivity index (χ2n) is 11.8. The minimum atomic E-state index is -0.780. The third-order valence-corrected chi connectivity index (χ3v) is 7.92. The van der Waals surface area contributed by atoms with Gasteiger partial charge in [-0.25, -0.2) is 4.79 Å². The van der Waals surface area contributed by atoms with E-state index >= 15 is 0 Å². The van der Waals surface area contributed by atoms with Crippen LogP contribution in [0, 0.1) is 5.92 Å². The zero-order valence-electron chi connectivity index (χ0n) is 21.9. The third kappa shape index (κ3) is 5.41.